The van der Waals surface area contributed by atoms with E-state index in [1.54, 1.807) is 19.2 Å². The molecule has 11 heteroatoms. The van der Waals surface area contributed by atoms with Crippen LogP contribution < -0.4 is 4.72 Å². The van der Waals surface area contributed by atoms with E-state index in [-0.39, 0.29) is 22.5 Å². The predicted molar refractivity (Wildman–Crippen MR) is 115 cm³/mol. The minimum Gasteiger partial charge on any atom is -0.346 e. The van der Waals surface area contributed by atoms with Crippen LogP contribution in [-0.4, -0.2) is 29.2 Å². The highest BCUT2D eigenvalue weighted by atomic mass is 32.2. The number of aromatic amines is 1. The van der Waals surface area contributed by atoms with Crippen LogP contribution in [0.2, 0.25) is 0 Å². The third-order valence-corrected chi connectivity index (χ3v) is 6.38. The molecule has 33 heavy (non-hydrogen) atoms. The normalized spacial score (nSPS) is 12.2. The van der Waals surface area contributed by atoms with Gasteiger partial charge in [-0.05, 0) is 55.3 Å². The number of hydrogen-bond donors (Lipinski definition) is 2. The fourth-order valence-electron chi connectivity index (χ4n) is 3.39. The summed E-state index contributed by atoms with van der Waals surface area (Å²) in [4.78, 5) is 23.8. The molecule has 0 aliphatic carbocycles. The lowest BCUT2D eigenvalue weighted by Gasteiger charge is -2.15. The van der Waals surface area contributed by atoms with Crippen molar-refractivity contribution in [2.75, 3.05) is 4.72 Å². The molecule has 4 aromatic rings. The van der Waals surface area contributed by atoms with Gasteiger partial charge in [0.25, 0.3) is 10.0 Å². The van der Waals surface area contributed by atoms with E-state index in [0.29, 0.717) is 22.7 Å². The molecular weight excluding hydrogens is 457 g/mol. The fourth-order valence-corrected chi connectivity index (χ4v) is 4.47. The van der Waals surface area contributed by atoms with Crippen LogP contribution >= 0.6 is 0 Å². The van der Waals surface area contributed by atoms with Crippen molar-refractivity contribution in [2.24, 2.45) is 0 Å². The SMILES string of the molecule is Cc1cnc(C(=O)c2ccnc3[nH]ccc23)c(NS(=O)(=O)c2ccc(C)c(C(F)(F)F)c2)c1. The Labute approximate surface area is 186 Å². The van der Waals surface area contributed by atoms with E-state index in [0.717, 1.165) is 12.1 Å². The van der Waals surface area contributed by atoms with Crippen LogP contribution in [0.3, 0.4) is 0 Å². The molecule has 0 saturated carbocycles. The first-order valence-electron chi connectivity index (χ1n) is 9.61. The van der Waals surface area contributed by atoms with Crippen molar-refractivity contribution in [3.63, 3.8) is 0 Å². The number of aryl methyl sites for hydroxylation is 2. The Morgan fingerprint density at radius 1 is 1.06 bits per heavy atom. The number of anilines is 1. The summed E-state index contributed by atoms with van der Waals surface area (Å²) in [6.45, 7) is 2.88. The van der Waals surface area contributed by atoms with E-state index in [2.05, 4.69) is 19.7 Å². The number of benzene rings is 1. The molecular formula is C22H17F3N4O3S. The minimum atomic E-state index is -4.72. The highest BCUT2D eigenvalue weighted by Crippen LogP contribution is 2.34. The molecule has 0 spiro atoms. The van der Waals surface area contributed by atoms with Crippen LogP contribution in [0.15, 0.2) is 59.9 Å². The molecule has 0 amide bonds. The number of sulfonamides is 1. The van der Waals surface area contributed by atoms with Gasteiger partial charge in [0.05, 0.1) is 16.1 Å². The lowest BCUT2D eigenvalue weighted by molar-refractivity contribution is -0.138. The Balaban J connectivity index is 1.78. The molecule has 3 aromatic heterocycles. The highest BCUT2D eigenvalue weighted by Gasteiger charge is 2.34. The van der Waals surface area contributed by atoms with Gasteiger partial charge in [-0.2, -0.15) is 13.2 Å². The second kappa shape index (κ2) is 8.00. The van der Waals surface area contributed by atoms with Crippen molar-refractivity contribution in [3.05, 3.63) is 82.9 Å². The third kappa shape index (κ3) is 4.31. The summed E-state index contributed by atoms with van der Waals surface area (Å²) in [6, 6.07) is 7.24. The lowest BCUT2D eigenvalue weighted by atomic mass is 10.0. The summed E-state index contributed by atoms with van der Waals surface area (Å²) in [7, 11) is -4.46. The second-order valence-corrected chi connectivity index (χ2v) is 9.10. The molecule has 0 bridgehead atoms. The Kier molecular flexibility index (Phi) is 5.44. The lowest BCUT2D eigenvalue weighted by Crippen LogP contribution is -2.18. The zero-order valence-electron chi connectivity index (χ0n) is 17.4. The van der Waals surface area contributed by atoms with Crippen molar-refractivity contribution in [1.82, 2.24) is 15.0 Å². The summed E-state index contributed by atoms with van der Waals surface area (Å²) in [5.41, 5.74) is -0.248. The molecule has 0 atom stereocenters. The number of aromatic nitrogens is 3. The molecule has 0 saturated heterocycles. The smallest absolute Gasteiger partial charge is 0.346 e. The molecule has 4 rings (SSSR count). The van der Waals surface area contributed by atoms with Crippen LogP contribution in [0.25, 0.3) is 11.0 Å². The Morgan fingerprint density at radius 2 is 1.82 bits per heavy atom. The van der Waals surface area contributed by atoms with E-state index >= 15 is 0 Å². The van der Waals surface area contributed by atoms with Crippen LogP contribution in [0.5, 0.6) is 0 Å². The Hall–Kier alpha value is -3.73. The number of fused-ring (bicyclic) bond motifs is 1. The van der Waals surface area contributed by atoms with Crippen molar-refractivity contribution >= 4 is 32.5 Å². The summed E-state index contributed by atoms with van der Waals surface area (Å²) in [5, 5.41) is 0.520. The number of alkyl halides is 3. The minimum absolute atomic E-state index is 0.109. The molecule has 3 heterocycles. The number of rotatable bonds is 5. The highest BCUT2D eigenvalue weighted by molar-refractivity contribution is 7.92. The van der Waals surface area contributed by atoms with Gasteiger partial charge in [-0.25, -0.2) is 13.4 Å². The average Bonchev–Trinajstić information content (AvgIpc) is 3.21. The van der Waals surface area contributed by atoms with Crippen molar-refractivity contribution in [3.8, 4) is 0 Å². The van der Waals surface area contributed by atoms with E-state index in [4.69, 9.17) is 0 Å². The Morgan fingerprint density at radius 3 is 2.55 bits per heavy atom. The molecule has 0 fully saturated rings. The van der Waals surface area contributed by atoms with Crippen molar-refractivity contribution in [1.29, 1.82) is 0 Å². The van der Waals surface area contributed by atoms with Gasteiger partial charge in [0.1, 0.15) is 11.3 Å². The van der Waals surface area contributed by atoms with Crippen LogP contribution in [-0.2, 0) is 16.2 Å². The van der Waals surface area contributed by atoms with Gasteiger partial charge >= 0.3 is 6.18 Å². The van der Waals surface area contributed by atoms with Gasteiger partial charge in [0, 0.05) is 29.5 Å². The van der Waals surface area contributed by atoms with E-state index in [1.807, 2.05) is 0 Å². The summed E-state index contributed by atoms with van der Waals surface area (Å²) in [5.74, 6) is -0.570. The molecule has 2 N–H and O–H groups in total. The maximum Gasteiger partial charge on any atom is 0.416 e. The monoisotopic (exact) mass is 474 g/mol. The van der Waals surface area contributed by atoms with Crippen LogP contribution in [0.1, 0.15) is 32.7 Å². The summed E-state index contributed by atoms with van der Waals surface area (Å²) in [6.07, 6.45) is -0.287. The van der Waals surface area contributed by atoms with Gasteiger partial charge in [0.2, 0.25) is 5.78 Å². The van der Waals surface area contributed by atoms with Gasteiger partial charge in [-0.15, -0.1) is 0 Å². The van der Waals surface area contributed by atoms with Crippen LogP contribution in [0.4, 0.5) is 18.9 Å². The molecule has 0 radical (unpaired) electrons. The maximum absolute atomic E-state index is 13.3. The number of nitrogens with one attached hydrogen (secondary N) is 2. The first-order chi connectivity index (χ1) is 15.5. The standard InChI is InChI=1S/C22H17F3N4O3S/c1-12-9-18(29-33(31,32)14-4-3-13(2)17(10-14)22(23,24)25)19(28-11-12)20(30)15-5-7-26-21-16(15)6-8-27-21/h3-11,29H,1-2H3,(H,26,27). The fraction of sp³-hybridized carbons (Fsp3) is 0.136. The Bertz CT molecular complexity index is 1490. The average molecular weight is 474 g/mol. The number of hydrogen-bond acceptors (Lipinski definition) is 5. The molecule has 0 aliphatic rings. The second-order valence-electron chi connectivity index (χ2n) is 7.42. The first-order valence-corrected chi connectivity index (χ1v) is 11.1. The molecule has 0 aliphatic heterocycles. The van der Waals surface area contributed by atoms with Gasteiger partial charge in [-0.3, -0.25) is 14.5 Å². The third-order valence-electron chi connectivity index (χ3n) is 5.01. The van der Waals surface area contributed by atoms with Gasteiger partial charge in [0.15, 0.2) is 0 Å². The first kappa shape index (κ1) is 22.5. The number of H-pyrrole nitrogens is 1. The largest absolute Gasteiger partial charge is 0.416 e. The van der Waals surface area contributed by atoms with Crippen molar-refractivity contribution in [2.45, 2.75) is 24.9 Å². The quantitative estimate of drug-likeness (QED) is 0.411. The molecule has 7 nitrogen and oxygen atoms in total. The zero-order chi connectivity index (χ0) is 24.0. The number of ketones is 1. The number of halogens is 3. The molecule has 170 valence electrons. The van der Waals surface area contributed by atoms with Gasteiger partial charge in [-0.1, -0.05) is 6.07 Å². The zero-order valence-corrected chi connectivity index (χ0v) is 18.2. The predicted octanol–water partition coefficient (Wildman–Crippen LogP) is 4.63. The van der Waals surface area contributed by atoms with Crippen molar-refractivity contribution < 1.29 is 26.4 Å². The molecule has 1 aromatic carbocycles. The van der Waals surface area contributed by atoms with Gasteiger partial charge < -0.3 is 4.98 Å². The number of carbonyl (C=O) groups excluding carboxylic acids is 1. The van der Waals surface area contributed by atoms with E-state index < -0.39 is 32.4 Å². The molecule has 0 unspecified atom stereocenters. The summed E-state index contributed by atoms with van der Waals surface area (Å²) < 4.78 is 68.0. The number of pyridine rings is 2. The van der Waals surface area contributed by atoms with Crippen LogP contribution in [0, 0.1) is 13.8 Å². The maximum atomic E-state index is 13.3. The number of nitrogens with zero attached hydrogens (tertiary/aromatic N) is 2. The van der Waals surface area contributed by atoms with E-state index in [1.165, 1.54) is 31.5 Å². The van der Waals surface area contributed by atoms with E-state index in [9.17, 15) is 26.4 Å². The summed E-state index contributed by atoms with van der Waals surface area (Å²) >= 11 is 0. The topological polar surface area (TPSA) is 105 Å². The number of carbonyl (C=O) groups is 1.